The van der Waals surface area contributed by atoms with Gasteiger partial charge in [-0.05, 0) is 57.9 Å². The first-order valence-electron chi connectivity index (χ1n) is 5.79. The van der Waals surface area contributed by atoms with Crippen LogP contribution in [0.1, 0.15) is 5.56 Å². The maximum absolute atomic E-state index is 13.6. The molecule has 0 fully saturated rings. The van der Waals surface area contributed by atoms with Crippen molar-refractivity contribution in [2.24, 2.45) is 0 Å². The van der Waals surface area contributed by atoms with E-state index in [0.29, 0.717) is 20.3 Å². The average Bonchev–Trinajstić information content (AvgIpc) is 2.43. The Balaban J connectivity index is 2.25. The smallest absolute Gasteiger partial charge is 0.328 e. The molecule has 0 bridgehead atoms. The summed E-state index contributed by atoms with van der Waals surface area (Å²) in [7, 11) is 0. The highest BCUT2D eigenvalue weighted by molar-refractivity contribution is 9.10. The largest absolute Gasteiger partial charge is 0.478 e. The van der Waals surface area contributed by atoms with Crippen molar-refractivity contribution < 1.29 is 19.0 Å². The Bertz CT molecular complexity index is 714. The predicted octanol–water partition coefficient (Wildman–Crippen LogP) is 5.24. The molecular formula is C15H9Br2FO3. The van der Waals surface area contributed by atoms with Gasteiger partial charge in [-0.3, -0.25) is 0 Å². The van der Waals surface area contributed by atoms with Gasteiger partial charge in [0.2, 0.25) is 0 Å². The fourth-order valence-corrected chi connectivity index (χ4v) is 2.36. The Kier molecular flexibility index (Phi) is 5.14. The van der Waals surface area contributed by atoms with Crippen molar-refractivity contribution in [2.45, 2.75) is 0 Å². The maximum atomic E-state index is 13.6. The van der Waals surface area contributed by atoms with Crippen molar-refractivity contribution in [3.05, 3.63) is 62.8 Å². The molecule has 21 heavy (non-hydrogen) atoms. The van der Waals surface area contributed by atoms with Gasteiger partial charge in [-0.15, -0.1) is 0 Å². The number of carboxylic acids is 1. The minimum Gasteiger partial charge on any atom is -0.478 e. The first-order valence-corrected chi connectivity index (χ1v) is 7.38. The maximum Gasteiger partial charge on any atom is 0.328 e. The minimum absolute atomic E-state index is 0.0962. The van der Waals surface area contributed by atoms with Crippen LogP contribution in [0.2, 0.25) is 0 Å². The molecule has 2 aromatic rings. The molecule has 0 aliphatic rings. The molecule has 0 amide bonds. The highest BCUT2D eigenvalue weighted by atomic mass is 79.9. The first-order chi connectivity index (χ1) is 9.95. The molecule has 108 valence electrons. The molecule has 2 aromatic carbocycles. The van der Waals surface area contributed by atoms with Gasteiger partial charge >= 0.3 is 5.97 Å². The van der Waals surface area contributed by atoms with Gasteiger partial charge in [0.1, 0.15) is 5.75 Å². The molecule has 1 N–H and O–H groups in total. The Morgan fingerprint density at radius 2 is 1.90 bits per heavy atom. The number of rotatable bonds is 4. The monoisotopic (exact) mass is 414 g/mol. The van der Waals surface area contributed by atoms with Crippen LogP contribution in [0.3, 0.4) is 0 Å². The quantitative estimate of drug-likeness (QED) is 0.694. The SMILES string of the molecule is O=C(O)/C=C/c1ccc(Oc2cc(Br)ccc2F)c(Br)c1. The van der Waals surface area contributed by atoms with Crippen LogP contribution in [0.25, 0.3) is 6.08 Å². The Morgan fingerprint density at radius 1 is 1.14 bits per heavy atom. The number of halogens is 3. The third-order valence-electron chi connectivity index (χ3n) is 2.49. The van der Waals surface area contributed by atoms with Gasteiger partial charge in [-0.2, -0.15) is 0 Å². The van der Waals surface area contributed by atoms with Crippen LogP contribution in [-0.2, 0) is 4.79 Å². The van der Waals surface area contributed by atoms with Crippen molar-refractivity contribution in [1.82, 2.24) is 0 Å². The highest BCUT2D eigenvalue weighted by Gasteiger charge is 2.08. The summed E-state index contributed by atoms with van der Waals surface area (Å²) in [5.41, 5.74) is 0.686. The summed E-state index contributed by atoms with van der Waals surface area (Å²) in [6.45, 7) is 0. The van der Waals surface area contributed by atoms with E-state index in [1.54, 1.807) is 24.3 Å². The standard InChI is InChI=1S/C15H9Br2FO3/c16-10-3-4-12(18)14(8-10)21-13-5-1-9(7-11(13)17)2-6-15(19)20/h1-8H,(H,19,20)/b6-2+. The van der Waals surface area contributed by atoms with E-state index < -0.39 is 11.8 Å². The summed E-state index contributed by atoms with van der Waals surface area (Å²) in [5.74, 6) is -0.971. The second-order valence-corrected chi connectivity index (χ2v) is 5.81. The van der Waals surface area contributed by atoms with Gasteiger partial charge in [0.25, 0.3) is 0 Å². The fourth-order valence-electron chi connectivity index (χ4n) is 1.54. The third kappa shape index (κ3) is 4.41. The molecule has 0 atom stereocenters. The number of carbonyl (C=O) groups is 1. The van der Waals surface area contributed by atoms with Crippen LogP contribution in [0.5, 0.6) is 11.5 Å². The molecule has 6 heteroatoms. The third-order valence-corrected chi connectivity index (χ3v) is 3.60. The summed E-state index contributed by atoms with van der Waals surface area (Å²) in [4.78, 5) is 10.5. The van der Waals surface area contributed by atoms with Crippen molar-refractivity contribution in [3.63, 3.8) is 0 Å². The molecular weight excluding hydrogens is 407 g/mol. The van der Waals surface area contributed by atoms with Crippen molar-refractivity contribution in [3.8, 4) is 11.5 Å². The lowest BCUT2D eigenvalue weighted by atomic mass is 10.2. The lowest BCUT2D eigenvalue weighted by Crippen LogP contribution is -1.90. The topological polar surface area (TPSA) is 46.5 Å². The second kappa shape index (κ2) is 6.87. The number of hydrogen-bond acceptors (Lipinski definition) is 2. The van der Waals surface area contributed by atoms with E-state index in [0.717, 1.165) is 6.08 Å². The van der Waals surface area contributed by atoms with Crippen molar-refractivity contribution >= 4 is 43.9 Å². The summed E-state index contributed by atoms with van der Waals surface area (Å²) in [5, 5.41) is 8.58. The van der Waals surface area contributed by atoms with Gasteiger partial charge in [0, 0.05) is 10.5 Å². The van der Waals surface area contributed by atoms with E-state index in [1.807, 2.05) is 0 Å². The molecule has 0 unspecified atom stereocenters. The molecule has 0 saturated heterocycles. The summed E-state index contributed by atoms with van der Waals surface area (Å²) < 4.78 is 20.4. The number of ether oxygens (including phenoxy) is 1. The zero-order valence-corrected chi connectivity index (χ0v) is 13.7. The lowest BCUT2D eigenvalue weighted by Gasteiger charge is -2.09. The Hall–Kier alpha value is -1.66. The highest BCUT2D eigenvalue weighted by Crippen LogP contribution is 2.33. The number of aliphatic carboxylic acids is 1. The van der Waals surface area contributed by atoms with E-state index in [-0.39, 0.29) is 5.75 Å². The second-order valence-electron chi connectivity index (χ2n) is 4.04. The minimum atomic E-state index is -1.03. The van der Waals surface area contributed by atoms with Gasteiger partial charge < -0.3 is 9.84 Å². The Morgan fingerprint density at radius 3 is 2.57 bits per heavy atom. The summed E-state index contributed by atoms with van der Waals surface area (Å²) in [6.07, 6.45) is 2.49. The van der Waals surface area contributed by atoms with E-state index in [4.69, 9.17) is 9.84 Å². The molecule has 0 aromatic heterocycles. The summed E-state index contributed by atoms with van der Waals surface area (Å²) >= 11 is 6.56. The summed E-state index contributed by atoms with van der Waals surface area (Å²) in [6, 6.07) is 9.40. The number of carboxylic acid groups (broad SMARTS) is 1. The predicted molar refractivity (Wildman–Crippen MR) is 85.0 cm³/mol. The van der Waals surface area contributed by atoms with E-state index in [1.165, 1.54) is 18.2 Å². The van der Waals surface area contributed by atoms with Crippen LogP contribution in [0.4, 0.5) is 4.39 Å². The molecule has 0 aliphatic carbocycles. The molecule has 2 rings (SSSR count). The van der Waals surface area contributed by atoms with E-state index in [9.17, 15) is 9.18 Å². The average molecular weight is 416 g/mol. The molecule has 0 heterocycles. The Labute approximate surface area is 137 Å². The van der Waals surface area contributed by atoms with Crippen molar-refractivity contribution in [1.29, 1.82) is 0 Å². The van der Waals surface area contributed by atoms with Gasteiger partial charge in [-0.1, -0.05) is 22.0 Å². The number of benzene rings is 2. The molecule has 0 spiro atoms. The normalized spacial score (nSPS) is 10.8. The molecule has 0 saturated carbocycles. The lowest BCUT2D eigenvalue weighted by molar-refractivity contribution is -0.131. The zero-order chi connectivity index (χ0) is 15.4. The van der Waals surface area contributed by atoms with Crippen LogP contribution < -0.4 is 4.74 Å². The molecule has 0 aliphatic heterocycles. The first kappa shape index (κ1) is 15.7. The van der Waals surface area contributed by atoms with Gasteiger partial charge in [-0.25, -0.2) is 9.18 Å². The number of hydrogen-bond donors (Lipinski definition) is 1. The van der Waals surface area contributed by atoms with E-state index >= 15 is 0 Å². The van der Waals surface area contributed by atoms with Crippen LogP contribution in [0.15, 0.2) is 51.4 Å². The van der Waals surface area contributed by atoms with Crippen LogP contribution in [0, 0.1) is 5.82 Å². The van der Waals surface area contributed by atoms with E-state index in [2.05, 4.69) is 31.9 Å². The zero-order valence-electron chi connectivity index (χ0n) is 10.5. The molecule has 3 nitrogen and oxygen atoms in total. The van der Waals surface area contributed by atoms with Crippen LogP contribution >= 0.6 is 31.9 Å². The van der Waals surface area contributed by atoms with Crippen molar-refractivity contribution in [2.75, 3.05) is 0 Å². The van der Waals surface area contributed by atoms with Gasteiger partial charge in [0.15, 0.2) is 11.6 Å². The van der Waals surface area contributed by atoms with Gasteiger partial charge in [0.05, 0.1) is 4.47 Å². The fraction of sp³-hybridized carbons (Fsp3) is 0. The molecule has 0 radical (unpaired) electrons. The van der Waals surface area contributed by atoms with Crippen LogP contribution in [-0.4, -0.2) is 11.1 Å².